The van der Waals surface area contributed by atoms with E-state index in [9.17, 15) is 4.79 Å². The number of hydrogen-bond acceptors (Lipinski definition) is 3. The lowest BCUT2D eigenvalue weighted by molar-refractivity contribution is -0.117. The SMILES string of the molecule is COc1cc(C[C@H]2C(=O)Nc3ccc(C)cc32)cc(Br)c1OC. The fraction of sp³-hybridized carbons (Fsp3) is 0.278. The molecule has 0 saturated carbocycles. The van der Waals surface area contributed by atoms with E-state index >= 15 is 0 Å². The lowest BCUT2D eigenvalue weighted by Gasteiger charge is -2.14. The molecule has 1 aliphatic rings. The number of benzene rings is 2. The van der Waals surface area contributed by atoms with Crippen molar-refractivity contribution in [2.24, 2.45) is 0 Å². The summed E-state index contributed by atoms with van der Waals surface area (Å²) in [5, 5.41) is 2.95. The number of halogens is 1. The van der Waals surface area contributed by atoms with Gasteiger partial charge in [0, 0.05) is 5.69 Å². The highest BCUT2D eigenvalue weighted by molar-refractivity contribution is 9.10. The second kappa shape index (κ2) is 6.24. The second-order valence-electron chi connectivity index (χ2n) is 5.65. The van der Waals surface area contributed by atoms with E-state index in [0.717, 1.165) is 26.9 Å². The summed E-state index contributed by atoms with van der Waals surface area (Å²) in [6.07, 6.45) is 0.612. The zero-order valence-electron chi connectivity index (χ0n) is 13.3. The van der Waals surface area contributed by atoms with E-state index in [-0.39, 0.29) is 11.8 Å². The third-order valence-electron chi connectivity index (χ3n) is 4.09. The quantitative estimate of drug-likeness (QED) is 0.876. The maximum atomic E-state index is 12.3. The predicted octanol–water partition coefficient (Wildman–Crippen LogP) is 4.05. The number of ether oxygens (including phenoxy) is 2. The highest BCUT2D eigenvalue weighted by Crippen LogP contribution is 2.40. The van der Waals surface area contributed by atoms with E-state index in [4.69, 9.17) is 9.47 Å². The molecule has 0 unspecified atom stereocenters. The Morgan fingerprint density at radius 1 is 1.17 bits per heavy atom. The first-order valence-electron chi connectivity index (χ1n) is 7.35. The average Bonchev–Trinajstić information content (AvgIpc) is 2.82. The number of hydrogen-bond donors (Lipinski definition) is 1. The molecule has 1 heterocycles. The number of carbonyl (C=O) groups excluding carboxylic acids is 1. The summed E-state index contributed by atoms with van der Waals surface area (Å²) in [4.78, 5) is 12.3. The van der Waals surface area contributed by atoms with Crippen LogP contribution in [0.1, 0.15) is 22.6 Å². The van der Waals surface area contributed by atoms with Crippen LogP contribution in [-0.4, -0.2) is 20.1 Å². The van der Waals surface area contributed by atoms with E-state index in [1.54, 1.807) is 14.2 Å². The van der Waals surface area contributed by atoms with Crippen molar-refractivity contribution in [2.75, 3.05) is 19.5 Å². The van der Waals surface area contributed by atoms with Crippen LogP contribution in [0.5, 0.6) is 11.5 Å². The first-order valence-corrected chi connectivity index (χ1v) is 8.14. The summed E-state index contributed by atoms with van der Waals surface area (Å²) in [5.74, 6) is 1.16. The van der Waals surface area contributed by atoms with Crippen LogP contribution in [0.3, 0.4) is 0 Å². The molecule has 0 fully saturated rings. The summed E-state index contributed by atoms with van der Waals surface area (Å²) >= 11 is 3.50. The Labute approximate surface area is 143 Å². The topological polar surface area (TPSA) is 47.6 Å². The van der Waals surface area contributed by atoms with Gasteiger partial charge in [0.15, 0.2) is 11.5 Å². The molecule has 2 aromatic carbocycles. The summed E-state index contributed by atoms with van der Waals surface area (Å²) in [5.41, 5.74) is 4.13. The zero-order valence-corrected chi connectivity index (χ0v) is 14.9. The van der Waals surface area contributed by atoms with E-state index in [2.05, 4.69) is 27.3 Å². The van der Waals surface area contributed by atoms with Gasteiger partial charge in [-0.1, -0.05) is 17.7 Å². The van der Waals surface area contributed by atoms with Gasteiger partial charge in [-0.25, -0.2) is 0 Å². The monoisotopic (exact) mass is 375 g/mol. The highest BCUT2D eigenvalue weighted by atomic mass is 79.9. The normalized spacial score (nSPS) is 16.0. The summed E-state index contributed by atoms with van der Waals surface area (Å²) < 4.78 is 11.5. The van der Waals surface area contributed by atoms with Crippen LogP contribution < -0.4 is 14.8 Å². The zero-order chi connectivity index (χ0) is 16.6. The first-order chi connectivity index (χ1) is 11.0. The van der Waals surface area contributed by atoms with Gasteiger partial charge in [0.05, 0.1) is 24.6 Å². The van der Waals surface area contributed by atoms with Crippen molar-refractivity contribution < 1.29 is 14.3 Å². The lowest BCUT2D eigenvalue weighted by atomic mass is 9.92. The van der Waals surface area contributed by atoms with Gasteiger partial charge in [-0.15, -0.1) is 0 Å². The Bertz CT molecular complexity index is 773. The van der Waals surface area contributed by atoms with E-state index in [1.807, 2.05) is 31.2 Å². The molecule has 5 heteroatoms. The third-order valence-corrected chi connectivity index (χ3v) is 4.68. The van der Waals surface area contributed by atoms with Crippen LogP contribution >= 0.6 is 15.9 Å². The van der Waals surface area contributed by atoms with Crippen molar-refractivity contribution in [2.45, 2.75) is 19.3 Å². The number of fused-ring (bicyclic) bond motifs is 1. The molecular weight excluding hydrogens is 358 g/mol. The van der Waals surface area contributed by atoms with Gasteiger partial charge in [0.2, 0.25) is 5.91 Å². The fourth-order valence-corrected chi connectivity index (χ4v) is 3.62. The molecule has 3 rings (SSSR count). The highest BCUT2D eigenvalue weighted by Gasteiger charge is 2.31. The van der Waals surface area contributed by atoms with Crippen molar-refractivity contribution in [3.63, 3.8) is 0 Å². The molecule has 4 nitrogen and oxygen atoms in total. The van der Waals surface area contributed by atoms with Gasteiger partial charge in [0.1, 0.15) is 0 Å². The van der Waals surface area contributed by atoms with Crippen LogP contribution in [0.4, 0.5) is 5.69 Å². The van der Waals surface area contributed by atoms with E-state index in [1.165, 1.54) is 0 Å². The third kappa shape index (κ3) is 2.93. The van der Waals surface area contributed by atoms with Gasteiger partial charge in [-0.2, -0.15) is 0 Å². The first kappa shape index (κ1) is 15.9. The van der Waals surface area contributed by atoms with Crippen molar-refractivity contribution in [3.05, 3.63) is 51.5 Å². The molecule has 0 spiro atoms. The predicted molar refractivity (Wildman–Crippen MR) is 93.5 cm³/mol. The van der Waals surface area contributed by atoms with Crippen molar-refractivity contribution in [1.29, 1.82) is 0 Å². The molecule has 0 aromatic heterocycles. The minimum Gasteiger partial charge on any atom is -0.493 e. The molecule has 0 aliphatic carbocycles. The molecule has 1 aliphatic heterocycles. The molecule has 0 radical (unpaired) electrons. The number of rotatable bonds is 4. The lowest BCUT2D eigenvalue weighted by Crippen LogP contribution is -2.14. The molecule has 1 N–H and O–H groups in total. The van der Waals surface area contributed by atoms with Crippen molar-refractivity contribution in [1.82, 2.24) is 0 Å². The van der Waals surface area contributed by atoms with Crippen LogP contribution in [0.25, 0.3) is 0 Å². The summed E-state index contributed by atoms with van der Waals surface area (Å²) in [6.45, 7) is 2.03. The Kier molecular flexibility index (Phi) is 4.31. The van der Waals surface area contributed by atoms with Crippen molar-refractivity contribution in [3.8, 4) is 11.5 Å². The molecule has 0 saturated heterocycles. The minimum atomic E-state index is -0.185. The Morgan fingerprint density at radius 3 is 2.65 bits per heavy atom. The number of carbonyl (C=O) groups is 1. The van der Waals surface area contributed by atoms with Gasteiger partial charge in [0.25, 0.3) is 0 Å². The maximum absolute atomic E-state index is 12.3. The maximum Gasteiger partial charge on any atom is 0.232 e. The Hall–Kier alpha value is -2.01. The standard InChI is InChI=1S/C18H18BrNO3/c1-10-4-5-15-12(6-10)13(18(21)20-15)7-11-8-14(19)17(23-3)16(9-11)22-2/h4-6,8-9,13H,7H2,1-3H3,(H,20,21)/t13-/m1/s1. The molecule has 2 aromatic rings. The largest absolute Gasteiger partial charge is 0.493 e. The number of amides is 1. The van der Waals surface area contributed by atoms with Gasteiger partial charge in [-0.05, 0) is 58.6 Å². The summed E-state index contributed by atoms with van der Waals surface area (Å²) in [6, 6.07) is 9.95. The van der Waals surface area contributed by atoms with Crippen molar-refractivity contribution >= 4 is 27.5 Å². The molecule has 120 valence electrons. The van der Waals surface area contributed by atoms with Gasteiger partial charge >= 0.3 is 0 Å². The Balaban J connectivity index is 1.96. The van der Waals surface area contributed by atoms with E-state index < -0.39 is 0 Å². The smallest absolute Gasteiger partial charge is 0.232 e. The Morgan fingerprint density at radius 2 is 1.96 bits per heavy atom. The average molecular weight is 376 g/mol. The van der Waals surface area contributed by atoms with Crippen LogP contribution in [0, 0.1) is 6.92 Å². The summed E-state index contributed by atoms with van der Waals surface area (Å²) in [7, 11) is 3.21. The fourth-order valence-electron chi connectivity index (χ4n) is 2.97. The van der Waals surface area contributed by atoms with Crippen LogP contribution in [-0.2, 0) is 11.2 Å². The molecule has 1 amide bonds. The molecule has 1 atom stereocenters. The minimum absolute atomic E-state index is 0.0384. The van der Waals surface area contributed by atoms with E-state index in [0.29, 0.717) is 17.9 Å². The molecule has 23 heavy (non-hydrogen) atoms. The number of anilines is 1. The van der Waals surface area contributed by atoms with Gasteiger partial charge < -0.3 is 14.8 Å². The van der Waals surface area contributed by atoms with Gasteiger partial charge in [-0.3, -0.25) is 4.79 Å². The van der Waals surface area contributed by atoms with Crippen LogP contribution in [0.2, 0.25) is 0 Å². The van der Waals surface area contributed by atoms with Crippen LogP contribution in [0.15, 0.2) is 34.8 Å². The molecule has 0 bridgehead atoms. The number of nitrogens with one attached hydrogen (secondary N) is 1. The number of methoxy groups -OCH3 is 2. The second-order valence-corrected chi connectivity index (χ2v) is 6.50. The molecular formula is C18H18BrNO3. The number of aryl methyl sites for hydroxylation is 1.